The van der Waals surface area contributed by atoms with Crippen LogP contribution in [-0.2, 0) is 19.1 Å². The predicted octanol–water partition coefficient (Wildman–Crippen LogP) is 1.00. The molecular weight excluding hydrogens is 296 g/mol. The topological polar surface area (TPSA) is 59.1 Å². The molecule has 0 N–H and O–H groups in total. The summed E-state index contributed by atoms with van der Waals surface area (Å²) in [6.45, 7) is 2.42. The van der Waals surface area contributed by atoms with Gasteiger partial charge in [-0.25, -0.2) is 0 Å². The number of carbonyl (C=O) groups is 2. The minimum absolute atomic E-state index is 0.0304. The van der Waals surface area contributed by atoms with E-state index in [0.717, 1.165) is 38.8 Å². The third kappa shape index (κ3) is 4.91. The molecule has 132 valence electrons. The van der Waals surface area contributed by atoms with E-state index in [0.29, 0.717) is 13.2 Å². The molecule has 0 aromatic carbocycles. The van der Waals surface area contributed by atoms with Crippen molar-refractivity contribution in [1.82, 2.24) is 9.80 Å². The number of esters is 2. The average Bonchev–Trinajstić information content (AvgIpc) is 2.34. The summed E-state index contributed by atoms with van der Waals surface area (Å²) in [5.74, 6) is -0.0882. The van der Waals surface area contributed by atoms with Crippen LogP contribution in [0.5, 0.6) is 0 Å². The van der Waals surface area contributed by atoms with Crippen LogP contribution in [0.25, 0.3) is 0 Å². The first-order valence-electron chi connectivity index (χ1n) is 8.44. The van der Waals surface area contributed by atoms with Crippen LogP contribution in [-0.4, -0.2) is 76.2 Å². The van der Waals surface area contributed by atoms with Gasteiger partial charge in [-0.2, -0.15) is 0 Å². The molecule has 0 bridgehead atoms. The number of hydrogen-bond acceptors (Lipinski definition) is 6. The first kappa shape index (κ1) is 18.2. The van der Waals surface area contributed by atoms with Crippen LogP contribution in [0.3, 0.4) is 0 Å². The Hall–Kier alpha value is -1.14. The molecule has 0 heterocycles. The van der Waals surface area contributed by atoms with E-state index in [4.69, 9.17) is 9.47 Å². The molecule has 2 aliphatic carbocycles. The first-order chi connectivity index (χ1) is 10.8. The van der Waals surface area contributed by atoms with E-state index in [1.807, 2.05) is 38.0 Å². The molecule has 23 heavy (non-hydrogen) atoms. The van der Waals surface area contributed by atoms with Crippen molar-refractivity contribution in [3.63, 3.8) is 0 Å². The zero-order valence-electron chi connectivity index (χ0n) is 14.8. The van der Waals surface area contributed by atoms with E-state index >= 15 is 0 Å². The van der Waals surface area contributed by atoms with E-state index in [-0.39, 0.29) is 29.2 Å². The van der Waals surface area contributed by atoms with Gasteiger partial charge in [0.05, 0.1) is 11.8 Å². The number of carbonyl (C=O) groups excluding carboxylic acids is 2. The summed E-state index contributed by atoms with van der Waals surface area (Å²) in [7, 11) is 7.83. The van der Waals surface area contributed by atoms with Crippen LogP contribution < -0.4 is 0 Å². The summed E-state index contributed by atoms with van der Waals surface area (Å²) < 4.78 is 10.6. The zero-order chi connectivity index (χ0) is 17.0. The van der Waals surface area contributed by atoms with Crippen molar-refractivity contribution in [2.75, 3.05) is 54.5 Å². The van der Waals surface area contributed by atoms with Gasteiger partial charge in [-0.05, 0) is 59.3 Å². The molecule has 0 saturated heterocycles. The highest BCUT2D eigenvalue weighted by molar-refractivity contribution is 5.76. The van der Waals surface area contributed by atoms with Gasteiger partial charge in [-0.3, -0.25) is 9.59 Å². The SMILES string of the molecule is CN(C)CCOC(=O)C1CC2(C1)CC(C(=O)OCCN(C)C)C2. The maximum atomic E-state index is 11.9. The number of ether oxygens (including phenoxy) is 2. The van der Waals surface area contributed by atoms with Gasteiger partial charge < -0.3 is 19.3 Å². The fourth-order valence-corrected chi connectivity index (χ4v) is 3.53. The smallest absolute Gasteiger partial charge is 0.309 e. The zero-order valence-corrected chi connectivity index (χ0v) is 14.8. The van der Waals surface area contributed by atoms with Crippen molar-refractivity contribution in [2.24, 2.45) is 17.3 Å². The van der Waals surface area contributed by atoms with Crippen LogP contribution in [0, 0.1) is 17.3 Å². The van der Waals surface area contributed by atoms with Gasteiger partial charge in [0.25, 0.3) is 0 Å². The summed E-state index contributed by atoms with van der Waals surface area (Å²) in [6.07, 6.45) is 3.48. The molecule has 2 fully saturated rings. The van der Waals surface area contributed by atoms with Crippen molar-refractivity contribution in [2.45, 2.75) is 25.7 Å². The third-order valence-electron chi connectivity index (χ3n) is 4.95. The Morgan fingerprint density at radius 1 is 0.826 bits per heavy atom. The highest BCUT2D eigenvalue weighted by atomic mass is 16.5. The second-order valence-electron chi connectivity index (χ2n) is 7.65. The number of likely N-dealkylation sites (N-methyl/N-ethyl adjacent to an activating group) is 2. The predicted molar refractivity (Wildman–Crippen MR) is 86.9 cm³/mol. The van der Waals surface area contributed by atoms with E-state index in [9.17, 15) is 9.59 Å². The fraction of sp³-hybridized carbons (Fsp3) is 0.882. The van der Waals surface area contributed by atoms with Gasteiger partial charge in [0, 0.05) is 13.1 Å². The Morgan fingerprint density at radius 2 is 1.17 bits per heavy atom. The molecule has 0 unspecified atom stereocenters. The average molecular weight is 326 g/mol. The maximum absolute atomic E-state index is 11.9. The maximum Gasteiger partial charge on any atom is 0.309 e. The minimum atomic E-state index is -0.0746. The summed E-state index contributed by atoms with van der Waals surface area (Å²) in [5.41, 5.74) is 0.205. The Morgan fingerprint density at radius 3 is 1.48 bits per heavy atom. The molecule has 6 heteroatoms. The van der Waals surface area contributed by atoms with E-state index in [1.165, 1.54) is 0 Å². The second-order valence-corrected chi connectivity index (χ2v) is 7.65. The number of hydrogen-bond donors (Lipinski definition) is 0. The molecule has 1 spiro atoms. The summed E-state index contributed by atoms with van der Waals surface area (Å²) in [4.78, 5) is 27.8. The minimum Gasteiger partial charge on any atom is -0.464 e. The van der Waals surface area contributed by atoms with Crippen LogP contribution in [0.1, 0.15) is 25.7 Å². The van der Waals surface area contributed by atoms with Crippen LogP contribution in [0.4, 0.5) is 0 Å². The van der Waals surface area contributed by atoms with E-state index < -0.39 is 0 Å². The van der Waals surface area contributed by atoms with Gasteiger partial charge >= 0.3 is 11.9 Å². The lowest BCUT2D eigenvalue weighted by Gasteiger charge is -2.56. The summed E-state index contributed by atoms with van der Waals surface area (Å²) in [6, 6.07) is 0. The molecule has 2 aliphatic rings. The lowest BCUT2D eigenvalue weighted by atomic mass is 9.48. The molecule has 0 radical (unpaired) electrons. The molecule has 0 aliphatic heterocycles. The van der Waals surface area contributed by atoms with Gasteiger partial charge in [-0.1, -0.05) is 0 Å². The van der Waals surface area contributed by atoms with Gasteiger partial charge in [0.2, 0.25) is 0 Å². The Kier molecular flexibility index (Phi) is 6.03. The largest absolute Gasteiger partial charge is 0.464 e. The summed E-state index contributed by atoms with van der Waals surface area (Å²) in [5, 5.41) is 0. The fourth-order valence-electron chi connectivity index (χ4n) is 3.53. The second kappa shape index (κ2) is 7.62. The van der Waals surface area contributed by atoms with E-state index in [2.05, 4.69) is 0 Å². The molecule has 0 amide bonds. The lowest BCUT2D eigenvalue weighted by Crippen LogP contribution is -2.52. The van der Waals surface area contributed by atoms with E-state index in [1.54, 1.807) is 0 Å². The van der Waals surface area contributed by atoms with Crippen LogP contribution in [0.2, 0.25) is 0 Å². The molecule has 6 nitrogen and oxygen atoms in total. The molecule has 0 aromatic rings. The molecule has 2 saturated carbocycles. The normalized spacial score (nSPS) is 29.3. The monoisotopic (exact) mass is 326 g/mol. The van der Waals surface area contributed by atoms with Crippen molar-refractivity contribution in [1.29, 1.82) is 0 Å². The Labute approximate surface area is 139 Å². The molecule has 0 aromatic heterocycles. The van der Waals surface area contributed by atoms with Crippen molar-refractivity contribution >= 4 is 11.9 Å². The van der Waals surface area contributed by atoms with Crippen molar-refractivity contribution < 1.29 is 19.1 Å². The van der Waals surface area contributed by atoms with Gasteiger partial charge in [0.1, 0.15) is 13.2 Å². The first-order valence-corrected chi connectivity index (χ1v) is 8.44. The molecule has 0 atom stereocenters. The van der Waals surface area contributed by atoms with Crippen molar-refractivity contribution in [3.8, 4) is 0 Å². The number of nitrogens with zero attached hydrogens (tertiary/aromatic N) is 2. The van der Waals surface area contributed by atoms with Gasteiger partial charge in [0.15, 0.2) is 0 Å². The van der Waals surface area contributed by atoms with Crippen LogP contribution >= 0.6 is 0 Å². The Bertz CT molecular complexity index is 381. The number of rotatable bonds is 8. The Balaban J connectivity index is 1.59. The highest BCUT2D eigenvalue weighted by Gasteiger charge is 2.57. The molecular formula is C17H30N2O4. The standard InChI is InChI=1S/C17H30N2O4/c1-18(2)5-7-22-15(20)13-9-17(10-13)11-14(12-17)16(21)23-8-6-19(3)4/h13-14H,5-12H2,1-4H3. The van der Waals surface area contributed by atoms with Crippen molar-refractivity contribution in [3.05, 3.63) is 0 Å². The quantitative estimate of drug-likeness (QED) is 0.620. The van der Waals surface area contributed by atoms with Crippen LogP contribution in [0.15, 0.2) is 0 Å². The lowest BCUT2D eigenvalue weighted by molar-refractivity contribution is -0.174. The third-order valence-corrected chi connectivity index (χ3v) is 4.95. The molecule has 2 rings (SSSR count). The highest BCUT2D eigenvalue weighted by Crippen LogP contribution is 2.61. The summed E-state index contributed by atoms with van der Waals surface area (Å²) >= 11 is 0. The van der Waals surface area contributed by atoms with Gasteiger partial charge in [-0.15, -0.1) is 0 Å².